The van der Waals surface area contributed by atoms with Gasteiger partial charge in [-0.3, -0.25) is 0 Å². The first-order chi connectivity index (χ1) is 14.6. The highest BCUT2D eigenvalue weighted by Gasteiger charge is 2.41. The minimum Gasteiger partial charge on any atom is -0.496 e. The first-order valence-corrected chi connectivity index (χ1v) is 10.8. The average Bonchev–Trinajstić information content (AvgIpc) is 3.39. The maximum Gasteiger partial charge on any atom is 0.231 e. The van der Waals surface area contributed by atoms with Gasteiger partial charge in [0.25, 0.3) is 0 Å². The molecule has 0 saturated heterocycles. The standard InChI is InChI=1S/C22H21NO5S2/c1-23-13-8-16-15(27-10-28-16)7-12(13)19(20-14(23)9-30-22(20)29)21-17(25-3)5-11(24-2)6-18(21)26-4/h5-8,19H,9-10H2,1-4H3/t19-/m0/s1. The van der Waals surface area contributed by atoms with Gasteiger partial charge in [0, 0.05) is 59.4 Å². The summed E-state index contributed by atoms with van der Waals surface area (Å²) < 4.78 is 29.3. The summed E-state index contributed by atoms with van der Waals surface area (Å²) >= 11 is 7.48. The van der Waals surface area contributed by atoms with Crippen molar-refractivity contribution in [3.8, 4) is 28.7 Å². The van der Waals surface area contributed by atoms with E-state index in [9.17, 15) is 0 Å². The highest BCUT2D eigenvalue weighted by Crippen LogP contribution is 2.56. The Kier molecular flexibility index (Phi) is 4.71. The Morgan fingerprint density at radius 2 is 1.67 bits per heavy atom. The van der Waals surface area contributed by atoms with Crippen LogP contribution in [0.25, 0.3) is 0 Å². The number of methoxy groups -OCH3 is 3. The molecule has 0 aliphatic carbocycles. The van der Waals surface area contributed by atoms with Crippen molar-refractivity contribution in [2.75, 3.05) is 45.8 Å². The highest BCUT2D eigenvalue weighted by molar-refractivity contribution is 8.24. The van der Waals surface area contributed by atoms with E-state index in [0.717, 1.165) is 43.8 Å². The molecule has 30 heavy (non-hydrogen) atoms. The summed E-state index contributed by atoms with van der Waals surface area (Å²) in [5.41, 5.74) is 5.37. The normalized spacial score (nSPS) is 19.0. The largest absolute Gasteiger partial charge is 0.496 e. The maximum atomic E-state index is 5.80. The number of fused-ring (bicyclic) bond motifs is 2. The van der Waals surface area contributed by atoms with E-state index >= 15 is 0 Å². The second-order valence-corrected chi connectivity index (χ2v) is 8.79. The van der Waals surface area contributed by atoms with Gasteiger partial charge in [-0.1, -0.05) is 12.2 Å². The molecule has 0 bridgehead atoms. The fraction of sp³-hybridized carbons (Fsp3) is 0.318. The zero-order valence-electron chi connectivity index (χ0n) is 17.1. The highest BCUT2D eigenvalue weighted by atomic mass is 32.2. The van der Waals surface area contributed by atoms with E-state index in [2.05, 4.69) is 18.0 Å². The van der Waals surface area contributed by atoms with Gasteiger partial charge in [0.2, 0.25) is 6.79 Å². The van der Waals surface area contributed by atoms with Crippen LogP contribution in [0.4, 0.5) is 5.69 Å². The van der Waals surface area contributed by atoms with Gasteiger partial charge >= 0.3 is 0 Å². The molecule has 5 rings (SSSR count). The number of anilines is 1. The number of benzene rings is 2. The summed E-state index contributed by atoms with van der Waals surface area (Å²) in [6.07, 6.45) is 0. The van der Waals surface area contributed by atoms with Gasteiger partial charge in [-0.2, -0.15) is 0 Å². The molecule has 0 N–H and O–H groups in total. The lowest BCUT2D eigenvalue weighted by molar-refractivity contribution is 0.174. The van der Waals surface area contributed by atoms with Gasteiger partial charge in [0.15, 0.2) is 11.5 Å². The molecule has 0 fully saturated rings. The van der Waals surface area contributed by atoms with E-state index in [-0.39, 0.29) is 12.7 Å². The molecule has 2 aromatic carbocycles. The molecule has 0 saturated carbocycles. The number of hydrogen-bond donors (Lipinski definition) is 0. The molecule has 0 unspecified atom stereocenters. The lowest BCUT2D eigenvalue weighted by Crippen LogP contribution is -2.28. The Morgan fingerprint density at radius 3 is 2.30 bits per heavy atom. The van der Waals surface area contributed by atoms with Gasteiger partial charge in [-0.05, 0) is 11.6 Å². The SMILES string of the molecule is COc1cc(OC)c([C@@H]2C3=C(CSC3=S)N(C)c3cc4c(cc32)OCO4)c(OC)c1. The zero-order valence-corrected chi connectivity index (χ0v) is 18.7. The van der Waals surface area contributed by atoms with Gasteiger partial charge in [0.1, 0.15) is 17.2 Å². The number of thiocarbonyl (C=S) groups is 1. The number of nitrogens with zero attached hydrogens (tertiary/aromatic N) is 1. The molecule has 8 heteroatoms. The summed E-state index contributed by atoms with van der Waals surface area (Å²) in [4.78, 5) is 2.21. The predicted octanol–water partition coefficient (Wildman–Crippen LogP) is 4.35. The number of ether oxygens (including phenoxy) is 5. The smallest absolute Gasteiger partial charge is 0.231 e. The first-order valence-electron chi connectivity index (χ1n) is 9.44. The van der Waals surface area contributed by atoms with Gasteiger partial charge < -0.3 is 28.6 Å². The molecular weight excluding hydrogens is 422 g/mol. The van der Waals surface area contributed by atoms with Crippen molar-refractivity contribution in [1.82, 2.24) is 0 Å². The van der Waals surface area contributed by atoms with Crippen LogP contribution >= 0.6 is 24.0 Å². The van der Waals surface area contributed by atoms with Crippen molar-refractivity contribution in [2.45, 2.75) is 5.92 Å². The third-order valence-electron chi connectivity index (χ3n) is 5.80. The van der Waals surface area contributed by atoms with Crippen LogP contribution in [0.5, 0.6) is 28.7 Å². The first kappa shape index (κ1) is 19.4. The van der Waals surface area contributed by atoms with Gasteiger partial charge in [-0.25, -0.2) is 0 Å². The van der Waals surface area contributed by atoms with Crippen molar-refractivity contribution in [3.63, 3.8) is 0 Å². The topological polar surface area (TPSA) is 49.4 Å². The molecule has 6 nitrogen and oxygen atoms in total. The van der Waals surface area contributed by atoms with E-state index < -0.39 is 0 Å². The maximum absolute atomic E-state index is 5.80. The third kappa shape index (κ3) is 2.74. The van der Waals surface area contributed by atoms with Crippen LogP contribution in [0.15, 0.2) is 35.5 Å². The molecule has 0 amide bonds. The lowest BCUT2D eigenvalue weighted by atomic mass is 9.79. The summed E-state index contributed by atoms with van der Waals surface area (Å²) in [5.74, 6) is 4.22. The van der Waals surface area contributed by atoms with Crippen LogP contribution in [0.1, 0.15) is 17.0 Å². The van der Waals surface area contributed by atoms with E-state index in [1.54, 1.807) is 33.1 Å². The third-order valence-corrected chi connectivity index (χ3v) is 7.27. The Morgan fingerprint density at radius 1 is 1.00 bits per heavy atom. The van der Waals surface area contributed by atoms with Crippen LogP contribution < -0.4 is 28.6 Å². The summed E-state index contributed by atoms with van der Waals surface area (Å²) in [7, 11) is 7.01. The average molecular weight is 444 g/mol. The van der Waals surface area contributed by atoms with Gasteiger partial charge in [-0.15, -0.1) is 11.8 Å². The molecule has 0 spiro atoms. The molecular formula is C22H21NO5S2. The van der Waals surface area contributed by atoms with Crippen LogP contribution in [-0.2, 0) is 0 Å². The Balaban J connectivity index is 1.82. The van der Waals surface area contributed by atoms with Crippen molar-refractivity contribution < 1.29 is 23.7 Å². The van der Waals surface area contributed by atoms with Crippen LogP contribution in [0.3, 0.4) is 0 Å². The predicted molar refractivity (Wildman–Crippen MR) is 121 cm³/mol. The number of hydrogen-bond acceptors (Lipinski definition) is 8. The molecule has 3 aliphatic heterocycles. The molecule has 2 aromatic rings. The summed E-state index contributed by atoms with van der Waals surface area (Å²) in [6.45, 7) is 0.225. The zero-order chi connectivity index (χ0) is 21.0. The van der Waals surface area contributed by atoms with Crippen molar-refractivity contribution in [3.05, 3.63) is 46.7 Å². The monoisotopic (exact) mass is 443 g/mol. The van der Waals surface area contributed by atoms with Crippen LogP contribution in [-0.4, -0.2) is 45.1 Å². The van der Waals surface area contributed by atoms with E-state index in [0.29, 0.717) is 17.2 Å². The minimum atomic E-state index is -0.154. The Bertz CT molecular complexity index is 1070. The lowest BCUT2D eigenvalue weighted by Gasteiger charge is -2.36. The molecule has 0 radical (unpaired) electrons. The van der Waals surface area contributed by atoms with E-state index in [1.807, 2.05) is 18.2 Å². The minimum absolute atomic E-state index is 0.154. The van der Waals surface area contributed by atoms with Crippen LogP contribution in [0, 0.1) is 0 Å². The quantitative estimate of drug-likeness (QED) is 0.647. The molecule has 0 aromatic heterocycles. The van der Waals surface area contributed by atoms with Crippen molar-refractivity contribution in [1.29, 1.82) is 0 Å². The van der Waals surface area contributed by atoms with Crippen LogP contribution in [0.2, 0.25) is 0 Å². The second kappa shape index (κ2) is 7.28. The molecule has 1 atom stereocenters. The van der Waals surface area contributed by atoms with Crippen molar-refractivity contribution >= 4 is 33.9 Å². The van der Waals surface area contributed by atoms with E-state index in [1.165, 1.54) is 5.70 Å². The fourth-order valence-corrected chi connectivity index (χ4v) is 5.78. The van der Waals surface area contributed by atoms with E-state index in [4.69, 9.17) is 35.9 Å². The fourth-order valence-electron chi connectivity index (χ4n) is 4.36. The molecule has 3 aliphatic rings. The van der Waals surface area contributed by atoms with Crippen molar-refractivity contribution in [2.24, 2.45) is 0 Å². The molecule has 156 valence electrons. The number of rotatable bonds is 4. The molecule has 3 heterocycles. The Hall–Kier alpha value is -2.58. The Labute approximate surface area is 184 Å². The number of thioether (sulfide) groups is 1. The summed E-state index contributed by atoms with van der Waals surface area (Å²) in [6, 6.07) is 7.86. The van der Waals surface area contributed by atoms with Gasteiger partial charge in [0.05, 0.1) is 25.5 Å². The summed E-state index contributed by atoms with van der Waals surface area (Å²) in [5, 5.41) is 0. The second-order valence-electron chi connectivity index (χ2n) is 7.14.